The summed E-state index contributed by atoms with van der Waals surface area (Å²) in [7, 11) is 5.46. The zero-order valence-corrected chi connectivity index (χ0v) is 17.5. The Hall–Kier alpha value is -3.81. The Morgan fingerprint density at radius 3 is 2.23 bits per heavy atom. The number of anilines is 4. The van der Waals surface area contributed by atoms with Crippen LogP contribution in [-0.4, -0.2) is 43.7 Å². The number of aryl methyl sites for hydroxylation is 1. The van der Waals surface area contributed by atoms with Crippen molar-refractivity contribution in [1.29, 1.82) is 0 Å². The Kier molecular flexibility index (Phi) is 6.69. The maximum atomic E-state index is 12.1. The number of benzene rings is 2. The van der Waals surface area contributed by atoms with Crippen LogP contribution in [0.15, 0.2) is 54.6 Å². The fraction of sp³-hybridized carbons (Fsp3) is 0.227. The molecule has 0 unspecified atom stereocenters. The molecule has 3 aromatic rings. The molecule has 0 radical (unpaired) electrons. The molecule has 1 heterocycles. The van der Waals surface area contributed by atoms with Crippen LogP contribution in [0.3, 0.4) is 0 Å². The van der Waals surface area contributed by atoms with E-state index in [0.29, 0.717) is 17.4 Å². The number of carbonyl (C=O) groups excluding carboxylic acids is 1. The van der Waals surface area contributed by atoms with E-state index in [1.807, 2.05) is 44.1 Å². The van der Waals surface area contributed by atoms with Crippen LogP contribution < -0.4 is 25.0 Å². The average molecular weight is 407 g/mol. The third kappa shape index (κ3) is 5.84. The second-order valence-electron chi connectivity index (χ2n) is 6.80. The fourth-order valence-corrected chi connectivity index (χ4v) is 2.62. The number of hydrogen-bond acceptors (Lipinski definition) is 7. The van der Waals surface area contributed by atoms with E-state index in [1.165, 1.54) is 0 Å². The van der Waals surface area contributed by atoms with Gasteiger partial charge in [-0.15, -0.1) is 0 Å². The molecule has 2 aromatic carbocycles. The molecule has 156 valence electrons. The number of hydrogen-bond donors (Lipinski definition) is 2. The van der Waals surface area contributed by atoms with E-state index in [1.54, 1.807) is 43.5 Å². The summed E-state index contributed by atoms with van der Waals surface area (Å²) >= 11 is 0. The van der Waals surface area contributed by atoms with Crippen LogP contribution in [0.5, 0.6) is 11.5 Å². The lowest BCUT2D eigenvalue weighted by Gasteiger charge is -2.14. The van der Waals surface area contributed by atoms with Crippen LogP contribution >= 0.6 is 0 Å². The van der Waals surface area contributed by atoms with Crippen LogP contribution in [0.2, 0.25) is 0 Å². The summed E-state index contributed by atoms with van der Waals surface area (Å²) in [6.45, 7) is 1.84. The molecule has 3 rings (SSSR count). The molecule has 0 saturated carbocycles. The van der Waals surface area contributed by atoms with Gasteiger partial charge in [-0.25, -0.2) is 4.98 Å². The first kappa shape index (κ1) is 20.9. The maximum Gasteiger partial charge on any atom is 0.262 e. The van der Waals surface area contributed by atoms with Crippen molar-refractivity contribution in [1.82, 2.24) is 9.97 Å². The second-order valence-corrected chi connectivity index (χ2v) is 6.80. The molecule has 0 aliphatic rings. The Balaban J connectivity index is 1.54. The Bertz CT molecular complexity index is 989. The van der Waals surface area contributed by atoms with Gasteiger partial charge in [0.15, 0.2) is 6.61 Å². The summed E-state index contributed by atoms with van der Waals surface area (Å²) in [5.41, 5.74) is 2.36. The molecule has 1 amide bonds. The van der Waals surface area contributed by atoms with Gasteiger partial charge >= 0.3 is 0 Å². The molecule has 0 fully saturated rings. The molecule has 8 nitrogen and oxygen atoms in total. The highest BCUT2D eigenvalue weighted by atomic mass is 16.5. The molecule has 0 spiro atoms. The number of aromatic nitrogens is 2. The van der Waals surface area contributed by atoms with E-state index < -0.39 is 0 Å². The third-order valence-electron chi connectivity index (χ3n) is 4.15. The Morgan fingerprint density at radius 1 is 0.967 bits per heavy atom. The van der Waals surface area contributed by atoms with E-state index >= 15 is 0 Å². The summed E-state index contributed by atoms with van der Waals surface area (Å²) in [5.74, 6) is 2.42. The summed E-state index contributed by atoms with van der Waals surface area (Å²) < 4.78 is 10.6. The maximum absolute atomic E-state index is 12.1. The molecule has 0 aliphatic carbocycles. The number of methoxy groups -OCH3 is 1. The number of ether oxygens (including phenoxy) is 2. The standard InChI is InChI=1S/C22H25N5O3/c1-15-13-20(27(2)3)26-22(23-15)25-17-7-5-16(6-8-17)24-21(28)14-30-19-11-9-18(29-4)10-12-19/h5-13H,14H2,1-4H3,(H,24,28)(H,23,25,26). The summed E-state index contributed by atoms with van der Waals surface area (Å²) in [5, 5.41) is 5.98. The minimum Gasteiger partial charge on any atom is -0.497 e. The van der Waals surface area contributed by atoms with Gasteiger partial charge < -0.3 is 25.0 Å². The molecular formula is C22H25N5O3. The van der Waals surface area contributed by atoms with Crippen molar-refractivity contribution in [3.05, 3.63) is 60.3 Å². The van der Waals surface area contributed by atoms with Gasteiger partial charge in [0, 0.05) is 37.2 Å². The highest BCUT2D eigenvalue weighted by Gasteiger charge is 2.07. The van der Waals surface area contributed by atoms with E-state index in [0.717, 1.165) is 22.9 Å². The van der Waals surface area contributed by atoms with Crippen molar-refractivity contribution < 1.29 is 14.3 Å². The Morgan fingerprint density at radius 2 is 1.60 bits per heavy atom. The van der Waals surface area contributed by atoms with Gasteiger partial charge in [0.2, 0.25) is 5.95 Å². The monoisotopic (exact) mass is 407 g/mol. The summed E-state index contributed by atoms with van der Waals surface area (Å²) in [6.07, 6.45) is 0. The number of carbonyl (C=O) groups is 1. The fourth-order valence-electron chi connectivity index (χ4n) is 2.62. The average Bonchev–Trinajstić information content (AvgIpc) is 2.73. The smallest absolute Gasteiger partial charge is 0.262 e. The minimum atomic E-state index is -0.246. The molecule has 1 aromatic heterocycles. The molecule has 0 bridgehead atoms. The molecule has 8 heteroatoms. The SMILES string of the molecule is COc1ccc(OCC(=O)Nc2ccc(Nc3nc(C)cc(N(C)C)n3)cc2)cc1. The number of amides is 1. The Labute approximate surface area is 175 Å². The van der Waals surface area contributed by atoms with Crippen LogP contribution in [0.4, 0.5) is 23.1 Å². The molecule has 0 saturated heterocycles. The van der Waals surface area contributed by atoms with Gasteiger partial charge in [0.25, 0.3) is 5.91 Å². The van der Waals surface area contributed by atoms with Crippen LogP contribution in [0, 0.1) is 6.92 Å². The molecular weight excluding hydrogens is 382 g/mol. The highest BCUT2D eigenvalue weighted by molar-refractivity contribution is 5.92. The van der Waals surface area contributed by atoms with Crippen LogP contribution in [0.1, 0.15) is 5.69 Å². The topological polar surface area (TPSA) is 88.6 Å². The second kappa shape index (κ2) is 9.60. The van der Waals surface area contributed by atoms with Crippen LogP contribution in [-0.2, 0) is 4.79 Å². The predicted octanol–water partition coefficient (Wildman–Crippen LogP) is 3.62. The highest BCUT2D eigenvalue weighted by Crippen LogP contribution is 2.20. The van der Waals surface area contributed by atoms with Gasteiger partial charge in [-0.2, -0.15) is 4.98 Å². The first-order valence-corrected chi connectivity index (χ1v) is 9.40. The van der Waals surface area contributed by atoms with Crippen molar-refractivity contribution in [2.24, 2.45) is 0 Å². The van der Waals surface area contributed by atoms with Gasteiger partial charge in [-0.05, 0) is 55.5 Å². The number of rotatable bonds is 8. The van der Waals surface area contributed by atoms with Gasteiger partial charge in [0.05, 0.1) is 7.11 Å². The van der Waals surface area contributed by atoms with Crippen molar-refractivity contribution >= 4 is 29.0 Å². The summed E-state index contributed by atoms with van der Waals surface area (Å²) in [4.78, 5) is 22.9. The lowest BCUT2D eigenvalue weighted by Crippen LogP contribution is -2.20. The van der Waals surface area contributed by atoms with Gasteiger partial charge in [-0.1, -0.05) is 0 Å². The quantitative estimate of drug-likeness (QED) is 0.589. The van der Waals surface area contributed by atoms with Crippen molar-refractivity contribution in [3.8, 4) is 11.5 Å². The largest absolute Gasteiger partial charge is 0.497 e. The zero-order valence-electron chi connectivity index (χ0n) is 17.5. The molecule has 30 heavy (non-hydrogen) atoms. The van der Waals surface area contributed by atoms with E-state index in [9.17, 15) is 4.79 Å². The first-order valence-electron chi connectivity index (χ1n) is 9.40. The van der Waals surface area contributed by atoms with E-state index in [-0.39, 0.29) is 12.5 Å². The predicted molar refractivity (Wildman–Crippen MR) is 118 cm³/mol. The number of nitrogens with zero attached hydrogens (tertiary/aromatic N) is 3. The minimum absolute atomic E-state index is 0.0865. The van der Waals surface area contributed by atoms with E-state index in [2.05, 4.69) is 20.6 Å². The van der Waals surface area contributed by atoms with E-state index in [4.69, 9.17) is 9.47 Å². The third-order valence-corrected chi connectivity index (χ3v) is 4.15. The van der Waals surface area contributed by atoms with Crippen molar-refractivity contribution in [2.45, 2.75) is 6.92 Å². The molecule has 0 atom stereocenters. The van der Waals surface area contributed by atoms with Gasteiger partial charge in [0.1, 0.15) is 17.3 Å². The molecule has 0 aliphatic heterocycles. The van der Waals surface area contributed by atoms with Crippen molar-refractivity contribution in [2.75, 3.05) is 43.3 Å². The van der Waals surface area contributed by atoms with Crippen molar-refractivity contribution in [3.63, 3.8) is 0 Å². The van der Waals surface area contributed by atoms with Gasteiger partial charge in [-0.3, -0.25) is 4.79 Å². The van der Waals surface area contributed by atoms with Crippen LogP contribution in [0.25, 0.3) is 0 Å². The zero-order chi connectivity index (χ0) is 21.5. The molecule has 2 N–H and O–H groups in total. The summed E-state index contributed by atoms with van der Waals surface area (Å²) in [6, 6.07) is 16.3. The normalized spacial score (nSPS) is 10.3. The lowest BCUT2D eigenvalue weighted by molar-refractivity contribution is -0.118. The number of nitrogens with one attached hydrogen (secondary N) is 2. The lowest BCUT2D eigenvalue weighted by atomic mass is 10.3. The first-order chi connectivity index (χ1) is 14.4.